The molecular weight excluding hydrogens is 255 g/mol. The van der Waals surface area contributed by atoms with E-state index in [0.717, 1.165) is 12.0 Å². The molecule has 1 unspecified atom stereocenters. The molecular formula is C16H25FN2O. The number of rotatable bonds is 6. The van der Waals surface area contributed by atoms with Gasteiger partial charge in [-0.3, -0.25) is 4.79 Å². The molecule has 1 amide bonds. The Bertz CT molecular complexity index is 440. The zero-order chi connectivity index (χ0) is 15.2. The number of hydrogen-bond donors (Lipinski definition) is 2. The van der Waals surface area contributed by atoms with Gasteiger partial charge in [0.2, 0.25) is 5.91 Å². The Hall–Kier alpha value is -1.42. The predicted molar refractivity (Wildman–Crippen MR) is 80.1 cm³/mol. The highest BCUT2D eigenvalue weighted by Crippen LogP contribution is 2.06. The highest BCUT2D eigenvalue weighted by atomic mass is 19.1. The fourth-order valence-corrected chi connectivity index (χ4v) is 2.00. The molecule has 2 N–H and O–H groups in total. The van der Waals surface area contributed by atoms with Crippen molar-refractivity contribution in [1.82, 2.24) is 10.6 Å². The van der Waals surface area contributed by atoms with Crippen LogP contribution in [0.2, 0.25) is 0 Å². The number of carbonyl (C=O) groups is 1. The van der Waals surface area contributed by atoms with Gasteiger partial charge in [0.1, 0.15) is 5.82 Å². The lowest BCUT2D eigenvalue weighted by Crippen LogP contribution is -2.42. The summed E-state index contributed by atoms with van der Waals surface area (Å²) in [5.74, 6) is -0.165. The summed E-state index contributed by atoms with van der Waals surface area (Å²) in [7, 11) is 0. The van der Waals surface area contributed by atoms with Gasteiger partial charge in [-0.15, -0.1) is 0 Å². The lowest BCUT2D eigenvalue weighted by atomic mass is 10.1. The van der Waals surface area contributed by atoms with Crippen molar-refractivity contribution in [2.24, 2.45) is 0 Å². The van der Waals surface area contributed by atoms with Gasteiger partial charge in [0.05, 0.1) is 0 Å². The van der Waals surface area contributed by atoms with Crippen molar-refractivity contribution in [3.63, 3.8) is 0 Å². The molecule has 20 heavy (non-hydrogen) atoms. The van der Waals surface area contributed by atoms with Gasteiger partial charge >= 0.3 is 0 Å². The number of amides is 1. The Morgan fingerprint density at radius 3 is 2.65 bits per heavy atom. The maximum Gasteiger partial charge on any atom is 0.221 e. The van der Waals surface area contributed by atoms with Crippen LogP contribution in [0.1, 0.15) is 39.7 Å². The lowest BCUT2D eigenvalue weighted by Gasteiger charge is -2.21. The van der Waals surface area contributed by atoms with Gasteiger partial charge in [-0.25, -0.2) is 4.39 Å². The summed E-state index contributed by atoms with van der Waals surface area (Å²) in [6.07, 6.45) is 1.20. The zero-order valence-electron chi connectivity index (χ0n) is 12.8. The number of hydrogen-bond acceptors (Lipinski definition) is 2. The molecule has 1 atom stereocenters. The van der Waals surface area contributed by atoms with Crippen LogP contribution in [0.5, 0.6) is 0 Å². The molecule has 0 saturated heterocycles. The maximum atomic E-state index is 13.1. The summed E-state index contributed by atoms with van der Waals surface area (Å²) in [6.45, 7) is 8.55. The van der Waals surface area contributed by atoms with Gasteiger partial charge in [-0.1, -0.05) is 12.1 Å². The van der Waals surface area contributed by atoms with Crippen LogP contribution in [0.25, 0.3) is 0 Å². The third-order valence-corrected chi connectivity index (χ3v) is 2.79. The van der Waals surface area contributed by atoms with E-state index < -0.39 is 0 Å². The second kappa shape index (κ2) is 7.39. The first-order valence-corrected chi connectivity index (χ1v) is 7.05. The average molecular weight is 280 g/mol. The van der Waals surface area contributed by atoms with Crippen LogP contribution >= 0.6 is 0 Å². The van der Waals surface area contributed by atoms with Crippen molar-refractivity contribution >= 4 is 5.91 Å². The first-order valence-electron chi connectivity index (χ1n) is 7.05. The summed E-state index contributed by atoms with van der Waals surface area (Å²) in [4.78, 5) is 11.6. The van der Waals surface area contributed by atoms with Crippen molar-refractivity contribution in [2.45, 2.75) is 52.1 Å². The Morgan fingerprint density at radius 2 is 2.05 bits per heavy atom. The quantitative estimate of drug-likeness (QED) is 0.841. The first kappa shape index (κ1) is 16.6. The van der Waals surface area contributed by atoms with Crippen molar-refractivity contribution < 1.29 is 9.18 Å². The molecule has 0 aliphatic rings. The van der Waals surface area contributed by atoms with E-state index in [2.05, 4.69) is 10.6 Å². The number of benzene rings is 1. The topological polar surface area (TPSA) is 41.1 Å². The van der Waals surface area contributed by atoms with E-state index >= 15 is 0 Å². The van der Waals surface area contributed by atoms with Crippen LogP contribution in [0.15, 0.2) is 24.3 Å². The average Bonchev–Trinajstić information content (AvgIpc) is 2.26. The van der Waals surface area contributed by atoms with Crippen molar-refractivity contribution in [3.05, 3.63) is 35.6 Å². The van der Waals surface area contributed by atoms with Crippen LogP contribution < -0.4 is 10.6 Å². The normalized spacial score (nSPS) is 13.1. The zero-order valence-corrected chi connectivity index (χ0v) is 12.8. The predicted octanol–water partition coefficient (Wildman–Crippen LogP) is 2.65. The Kier molecular flexibility index (Phi) is 6.14. The Balaban J connectivity index is 2.27. The van der Waals surface area contributed by atoms with Gasteiger partial charge in [-0.2, -0.15) is 0 Å². The first-order chi connectivity index (χ1) is 9.26. The van der Waals surface area contributed by atoms with E-state index in [-0.39, 0.29) is 23.3 Å². The third-order valence-electron chi connectivity index (χ3n) is 2.79. The standard InChI is InChI=1S/C16H25FN2O/c1-12(10-13-6-5-7-14(17)11-13)18-9-8-15(20)19-16(2,3)4/h5-7,11-12,18H,8-10H2,1-4H3,(H,19,20). The van der Waals surface area contributed by atoms with Gasteiger partial charge < -0.3 is 10.6 Å². The summed E-state index contributed by atoms with van der Waals surface area (Å²) in [5, 5.41) is 6.21. The van der Waals surface area contributed by atoms with E-state index in [9.17, 15) is 9.18 Å². The van der Waals surface area contributed by atoms with Crippen LogP contribution in [0.3, 0.4) is 0 Å². The second-order valence-electron chi connectivity index (χ2n) is 6.24. The molecule has 4 heteroatoms. The molecule has 0 spiro atoms. The summed E-state index contributed by atoms with van der Waals surface area (Å²) in [5.41, 5.74) is 0.772. The molecule has 1 rings (SSSR count). The molecule has 0 aliphatic heterocycles. The number of nitrogens with one attached hydrogen (secondary N) is 2. The summed E-state index contributed by atoms with van der Waals surface area (Å²) >= 11 is 0. The van der Waals surface area contributed by atoms with Gasteiger partial charge in [0.15, 0.2) is 0 Å². The van der Waals surface area contributed by atoms with Crippen LogP contribution in [0.4, 0.5) is 4.39 Å². The smallest absolute Gasteiger partial charge is 0.221 e. The highest BCUT2D eigenvalue weighted by molar-refractivity contribution is 5.76. The van der Waals surface area contributed by atoms with E-state index in [1.54, 1.807) is 12.1 Å². The minimum Gasteiger partial charge on any atom is -0.351 e. The number of carbonyl (C=O) groups excluding carboxylic acids is 1. The van der Waals surface area contributed by atoms with Crippen molar-refractivity contribution in [3.8, 4) is 0 Å². The molecule has 1 aromatic rings. The minimum absolute atomic E-state index is 0.0444. The van der Waals surface area contributed by atoms with Crippen LogP contribution in [-0.4, -0.2) is 24.0 Å². The molecule has 0 aromatic heterocycles. The molecule has 1 aromatic carbocycles. The molecule has 0 heterocycles. The summed E-state index contributed by atoms with van der Waals surface area (Å²) < 4.78 is 13.1. The van der Waals surface area contributed by atoms with E-state index in [0.29, 0.717) is 13.0 Å². The molecule has 0 bridgehead atoms. The molecule has 3 nitrogen and oxygen atoms in total. The fraction of sp³-hybridized carbons (Fsp3) is 0.562. The van der Waals surface area contributed by atoms with E-state index in [4.69, 9.17) is 0 Å². The highest BCUT2D eigenvalue weighted by Gasteiger charge is 2.13. The molecule has 0 fully saturated rings. The fourth-order valence-electron chi connectivity index (χ4n) is 2.00. The Morgan fingerprint density at radius 1 is 1.35 bits per heavy atom. The second-order valence-corrected chi connectivity index (χ2v) is 6.24. The summed E-state index contributed by atoms with van der Waals surface area (Å²) in [6, 6.07) is 6.82. The molecule has 0 radical (unpaired) electrons. The number of halogens is 1. The largest absolute Gasteiger partial charge is 0.351 e. The monoisotopic (exact) mass is 280 g/mol. The third kappa shape index (κ3) is 7.24. The molecule has 112 valence electrons. The van der Waals surface area contributed by atoms with Gasteiger partial charge in [0.25, 0.3) is 0 Å². The lowest BCUT2D eigenvalue weighted by molar-refractivity contribution is -0.122. The minimum atomic E-state index is -0.209. The SMILES string of the molecule is CC(Cc1cccc(F)c1)NCCC(=O)NC(C)(C)C. The maximum absolute atomic E-state index is 13.1. The van der Waals surface area contributed by atoms with Crippen LogP contribution in [0, 0.1) is 5.82 Å². The molecule has 0 aliphatic carbocycles. The van der Waals surface area contributed by atoms with Gasteiger partial charge in [-0.05, 0) is 51.8 Å². The van der Waals surface area contributed by atoms with E-state index in [1.807, 2.05) is 33.8 Å². The van der Waals surface area contributed by atoms with Crippen molar-refractivity contribution in [1.29, 1.82) is 0 Å². The van der Waals surface area contributed by atoms with Crippen molar-refractivity contribution in [2.75, 3.05) is 6.54 Å². The Labute approximate surface area is 121 Å². The molecule has 0 saturated carbocycles. The van der Waals surface area contributed by atoms with Gasteiger partial charge in [0, 0.05) is 24.5 Å². The van der Waals surface area contributed by atoms with Crippen LogP contribution in [-0.2, 0) is 11.2 Å². The van der Waals surface area contributed by atoms with E-state index in [1.165, 1.54) is 6.07 Å².